The largest absolute Gasteiger partial charge is 0.378 e. The van der Waals surface area contributed by atoms with Gasteiger partial charge in [-0.1, -0.05) is 13.3 Å². The lowest BCUT2D eigenvalue weighted by molar-refractivity contribution is -0.135. The molecule has 1 unspecified atom stereocenters. The second-order valence-corrected chi connectivity index (χ2v) is 4.87. The van der Waals surface area contributed by atoms with Crippen LogP contribution in [-0.2, 0) is 9.53 Å². The van der Waals surface area contributed by atoms with Gasteiger partial charge in [0, 0.05) is 12.1 Å². The Morgan fingerprint density at radius 2 is 2.31 bits per heavy atom. The van der Waals surface area contributed by atoms with Crippen LogP contribution in [0.4, 0.5) is 0 Å². The number of nitrogens with zero attached hydrogens (tertiary/aromatic N) is 1. The van der Waals surface area contributed by atoms with Gasteiger partial charge < -0.3 is 4.74 Å². The highest BCUT2D eigenvalue weighted by Gasteiger charge is 2.37. The minimum atomic E-state index is -0.145. The molecule has 0 bridgehead atoms. The SMILES string of the molecule is CCCC(C(=O)NN)N1CCOCC1(C)C. The predicted molar refractivity (Wildman–Crippen MR) is 62.6 cm³/mol. The van der Waals surface area contributed by atoms with E-state index in [2.05, 4.69) is 31.1 Å². The van der Waals surface area contributed by atoms with E-state index in [1.54, 1.807) is 0 Å². The molecule has 94 valence electrons. The molecule has 5 heteroatoms. The normalized spacial score (nSPS) is 22.8. The quantitative estimate of drug-likeness (QED) is 0.412. The minimum Gasteiger partial charge on any atom is -0.378 e. The first kappa shape index (κ1) is 13.4. The molecule has 16 heavy (non-hydrogen) atoms. The van der Waals surface area contributed by atoms with E-state index < -0.39 is 0 Å². The number of hydrogen-bond acceptors (Lipinski definition) is 4. The lowest BCUT2D eigenvalue weighted by Crippen LogP contribution is -2.61. The van der Waals surface area contributed by atoms with Gasteiger partial charge in [0.25, 0.3) is 5.91 Å². The first-order valence-corrected chi connectivity index (χ1v) is 5.88. The predicted octanol–water partition coefficient (Wildman–Crippen LogP) is 0.256. The molecule has 0 saturated carbocycles. The molecule has 1 heterocycles. The average Bonchev–Trinajstić information content (AvgIpc) is 2.25. The number of hydrazine groups is 1. The van der Waals surface area contributed by atoms with Crippen LogP contribution < -0.4 is 11.3 Å². The van der Waals surface area contributed by atoms with Gasteiger partial charge in [0.05, 0.1) is 19.3 Å². The summed E-state index contributed by atoms with van der Waals surface area (Å²) < 4.78 is 5.45. The second kappa shape index (κ2) is 5.61. The summed E-state index contributed by atoms with van der Waals surface area (Å²) >= 11 is 0. The topological polar surface area (TPSA) is 67.6 Å². The molecule has 0 aliphatic carbocycles. The van der Waals surface area contributed by atoms with E-state index in [9.17, 15) is 4.79 Å². The van der Waals surface area contributed by atoms with Crippen molar-refractivity contribution in [2.24, 2.45) is 5.84 Å². The van der Waals surface area contributed by atoms with E-state index in [1.165, 1.54) is 0 Å². The molecule has 0 aromatic rings. The summed E-state index contributed by atoms with van der Waals surface area (Å²) in [7, 11) is 0. The van der Waals surface area contributed by atoms with E-state index in [0.29, 0.717) is 13.2 Å². The molecule has 1 aliphatic rings. The van der Waals surface area contributed by atoms with Gasteiger partial charge >= 0.3 is 0 Å². The third kappa shape index (κ3) is 2.93. The van der Waals surface area contributed by atoms with E-state index >= 15 is 0 Å². The Labute approximate surface area is 97.3 Å². The fraction of sp³-hybridized carbons (Fsp3) is 0.909. The number of carbonyl (C=O) groups excluding carboxylic acids is 1. The van der Waals surface area contributed by atoms with Crippen molar-refractivity contribution < 1.29 is 9.53 Å². The van der Waals surface area contributed by atoms with E-state index in [4.69, 9.17) is 10.6 Å². The molecule has 1 amide bonds. The third-order valence-electron chi connectivity index (χ3n) is 3.09. The van der Waals surface area contributed by atoms with Crippen LogP contribution >= 0.6 is 0 Å². The van der Waals surface area contributed by atoms with E-state index in [1.807, 2.05) is 0 Å². The Kier molecular flexibility index (Phi) is 4.70. The van der Waals surface area contributed by atoms with Crippen molar-refractivity contribution in [3.05, 3.63) is 0 Å². The van der Waals surface area contributed by atoms with Crippen LogP contribution in [0.1, 0.15) is 33.6 Å². The van der Waals surface area contributed by atoms with Crippen molar-refractivity contribution in [2.75, 3.05) is 19.8 Å². The zero-order valence-corrected chi connectivity index (χ0v) is 10.5. The minimum absolute atomic E-state index is 0.100. The van der Waals surface area contributed by atoms with Crippen LogP contribution in [0, 0.1) is 0 Å². The van der Waals surface area contributed by atoms with Crippen molar-refractivity contribution in [3.8, 4) is 0 Å². The molecule has 1 atom stereocenters. The number of rotatable bonds is 4. The van der Waals surface area contributed by atoms with Crippen molar-refractivity contribution in [3.63, 3.8) is 0 Å². The molecule has 3 N–H and O–H groups in total. The Balaban J connectivity index is 2.79. The molecule has 0 aromatic heterocycles. The van der Waals surface area contributed by atoms with Crippen LogP contribution in [0.3, 0.4) is 0 Å². The molecular formula is C11H23N3O2. The lowest BCUT2D eigenvalue weighted by Gasteiger charge is -2.45. The van der Waals surface area contributed by atoms with Gasteiger partial charge in [-0.05, 0) is 20.3 Å². The molecule has 1 aliphatic heterocycles. The molecule has 0 spiro atoms. The summed E-state index contributed by atoms with van der Waals surface area (Å²) in [6.45, 7) is 8.39. The molecular weight excluding hydrogens is 206 g/mol. The summed E-state index contributed by atoms with van der Waals surface area (Å²) in [6, 6.07) is -0.145. The highest BCUT2D eigenvalue weighted by molar-refractivity contribution is 5.81. The Hall–Kier alpha value is -0.650. The molecule has 1 fully saturated rings. The van der Waals surface area contributed by atoms with Crippen LogP contribution in [0.25, 0.3) is 0 Å². The summed E-state index contributed by atoms with van der Waals surface area (Å²) in [5.74, 6) is 5.14. The molecule has 0 aromatic carbocycles. The van der Waals surface area contributed by atoms with Crippen LogP contribution in [0.15, 0.2) is 0 Å². The van der Waals surface area contributed by atoms with Crippen LogP contribution in [-0.4, -0.2) is 42.1 Å². The van der Waals surface area contributed by atoms with Gasteiger partial charge in [0.15, 0.2) is 0 Å². The molecule has 1 rings (SSSR count). The number of carbonyl (C=O) groups is 1. The molecule has 5 nitrogen and oxygen atoms in total. The maximum absolute atomic E-state index is 11.8. The highest BCUT2D eigenvalue weighted by atomic mass is 16.5. The number of nitrogens with two attached hydrogens (primary N) is 1. The smallest absolute Gasteiger partial charge is 0.251 e. The van der Waals surface area contributed by atoms with Gasteiger partial charge in [-0.3, -0.25) is 15.1 Å². The van der Waals surface area contributed by atoms with Crippen molar-refractivity contribution in [2.45, 2.75) is 45.2 Å². The number of morpholine rings is 1. The van der Waals surface area contributed by atoms with E-state index in [0.717, 1.165) is 19.4 Å². The Morgan fingerprint density at radius 1 is 1.62 bits per heavy atom. The Morgan fingerprint density at radius 3 is 2.81 bits per heavy atom. The number of ether oxygens (including phenoxy) is 1. The van der Waals surface area contributed by atoms with Gasteiger partial charge in [0.1, 0.15) is 0 Å². The van der Waals surface area contributed by atoms with Crippen LogP contribution in [0.2, 0.25) is 0 Å². The van der Waals surface area contributed by atoms with Gasteiger partial charge in [-0.2, -0.15) is 0 Å². The summed E-state index contributed by atoms with van der Waals surface area (Å²) in [5.41, 5.74) is 2.16. The summed E-state index contributed by atoms with van der Waals surface area (Å²) in [5, 5.41) is 0. The summed E-state index contributed by atoms with van der Waals surface area (Å²) in [4.78, 5) is 14.0. The fourth-order valence-corrected chi connectivity index (χ4v) is 2.25. The fourth-order valence-electron chi connectivity index (χ4n) is 2.25. The first-order valence-electron chi connectivity index (χ1n) is 5.88. The number of amides is 1. The average molecular weight is 229 g/mol. The first-order chi connectivity index (χ1) is 7.53. The van der Waals surface area contributed by atoms with Crippen molar-refractivity contribution >= 4 is 5.91 Å². The van der Waals surface area contributed by atoms with Crippen molar-refractivity contribution in [1.29, 1.82) is 0 Å². The van der Waals surface area contributed by atoms with Gasteiger partial charge in [-0.15, -0.1) is 0 Å². The molecule has 1 saturated heterocycles. The zero-order valence-electron chi connectivity index (χ0n) is 10.5. The van der Waals surface area contributed by atoms with Gasteiger partial charge in [-0.25, -0.2) is 5.84 Å². The number of hydrogen-bond donors (Lipinski definition) is 2. The number of nitrogens with one attached hydrogen (secondary N) is 1. The second-order valence-electron chi connectivity index (χ2n) is 4.87. The Bertz CT molecular complexity index is 243. The maximum Gasteiger partial charge on any atom is 0.251 e. The van der Waals surface area contributed by atoms with Crippen molar-refractivity contribution in [1.82, 2.24) is 10.3 Å². The maximum atomic E-state index is 11.8. The standard InChI is InChI=1S/C11H23N3O2/c1-4-5-9(10(15)13-12)14-6-7-16-8-11(14,2)3/h9H,4-8,12H2,1-3H3,(H,13,15). The molecule has 0 radical (unpaired) electrons. The van der Waals surface area contributed by atoms with Gasteiger partial charge in [0.2, 0.25) is 0 Å². The monoisotopic (exact) mass is 229 g/mol. The highest BCUT2D eigenvalue weighted by Crippen LogP contribution is 2.23. The summed E-state index contributed by atoms with van der Waals surface area (Å²) in [6.07, 6.45) is 1.79. The zero-order chi connectivity index (χ0) is 12.2. The lowest BCUT2D eigenvalue weighted by atomic mass is 9.97. The van der Waals surface area contributed by atoms with Crippen LogP contribution in [0.5, 0.6) is 0 Å². The third-order valence-corrected chi connectivity index (χ3v) is 3.09. The van der Waals surface area contributed by atoms with E-state index in [-0.39, 0.29) is 17.5 Å².